The first kappa shape index (κ1) is 13.5. The molecule has 0 aromatic carbocycles. The van der Waals surface area contributed by atoms with Crippen molar-refractivity contribution in [2.24, 2.45) is 11.7 Å². The predicted octanol–water partition coefficient (Wildman–Crippen LogP) is 2.15. The second-order valence-corrected chi connectivity index (χ2v) is 4.93. The first-order valence-electron chi connectivity index (χ1n) is 6.73. The summed E-state index contributed by atoms with van der Waals surface area (Å²) in [7, 11) is 0. The van der Waals surface area contributed by atoms with E-state index in [2.05, 4.69) is 6.92 Å². The third kappa shape index (κ3) is 3.78. The molecule has 1 heterocycles. The Morgan fingerprint density at radius 1 is 1.38 bits per heavy atom. The van der Waals surface area contributed by atoms with E-state index >= 15 is 0 Å². The summed E-state index contributed by atoms with van der Waals surface area (Å²) in [6.45, 7) is 6.03. The molecule has 0 aromatic heterocycles. The molecule has 1 aliphatic rings. The molecule has 1 rings (SSSR count). The van der Waals surface area contributed by atoms with Crippen LogP contribution in [0.15, 0.2) is 0 Å². The van der Waals surface area contributed by atoms with Gasteiger partial charge in [-0.05, 0) is 31.6 Å². The molecule has 0 radical (unpaired) electrons. The number of hydrogen-bond acceptors (Lipinski definition) is 2. The minimum Gasteiger partial charge on any atom is -0.341 e. The van der Waals surface area contributed by atoms with Gasteiger partial charge in [-0.15, -0.1) is 0 Å². The van der Waals surface area contributed by atoms with Crippen molar-refractivity contribution >= 4 is 5.91 Å². The van der Waals surface area contributed by atoms with Gasteiger partial charge >= 0.3 is 0 Å². The normalized spacial score (nSPS) is 23.9. The van der Waals surface area contributed by atoms with E-state index in [0.717, 1.165) is 38.3 Å². The Bertz CT molecular complexity index is 218. The van der Waals surface area contributed by atoms with Crippen LogP contribution in [0.1, 0.15) is 52.4 Å². The van der Waals surface area contributed by atoms with Gasteiger partial charge in [-0.1, -0.05) is 26.7 Å². The molecular weight excluding hydrogens is 200 g/mol. The number of hydrogen-bond donors (Lipinski definition) is 1. The average Bonchev–Trinajstić information content (AvgIpc) is 2.53. The van der Waals surface area contributed by atoms with Crippen molar-refractivity contribution in [3.63, 3.8) is 0 Å². The van der Waals surface area contributed by atoms with Gasteiger partial charge in [0.1, 0.15) is 0 Å². The fourth-order valence-corrected chi connectivity index (χ4v) is 2.49. The molecule has 16 heavy (non-hydrogen) atoms. The maximum atomic E-state index is 11.9. The van der Waals surface area contributed by atoms with Crippen LogP contribution in [-0.2, 0) is 4.79 Å². The molecule has 3 heteroatoms. The highest BCUT2D eigenvalue weighted by atomic mass is 16.2. The lowest BCUT2D eigenvalue weighted by atomic mass is 9.96. The van der Waals surface area contributed by atoms with Crippen LogP contribution in [0, 0.1) is 5.92 Å². The van der Waals surface area contributed by atoms with E-state index in [-0.39, 0.29) is 11.9 Å². The molecule has 0 saturated carbocycles. The zero-order valence-corrected chi connectivity index (χ0v) is 10.7. The third-order valence-corrected chi connectivity index (χ3v) is 3.61. The molecule has 1 amide bonds. The van der Waals surface area contributed by atoms with Crippen LogP contribution in [0.4, 0.5) is 0 Å². The van der Waals surface area contributed by atoms with E-state index in [0.29, 0.717) is 0 Å². The van der Waals surface area contributed by atoms with Crippen LogP contribution in [0.25, 0.3) is 0 Å². The summed E-state index contributed by atoms with van der Waals surface area (Å²) >= 11 is 0. The molecule has 3 nitrogen and oxygen atoms in total. The van der Waals surface area contributed by atoms with Gasteiger partial charge in [0.15, 0.2) is 0 Å². The molecule has 0 aromatic rings. The van der Waals surface area contributed by atoms with Crippen molar-refractivity contribution in [2.45, 2.75) is 58.4 Å². The van der Waals surface area contributed by atoms with Crippen molar-refractivity contribution < 1.29 is 4.79 Å². The Hall–Kier alpha value is -0.570. The van der Waals surface area contributed by atoms with Crippen molar-refractivity contribution in [3.05, 3.63) is 0 Å². The standard InChI is InChI=1S/C13H26N2O/c1-3-6-11-7-5-9-15(10-8-11)13(16)12(14)4-2/h11-12H,3-10,14H2,1-2H3/t11?,12-/m0/s1. The topological polar surface area (TPSA) is 46.3 Å². The molecule has 0 spiro atoms. The highest BCUT2D eigenvalue weighted by Crippen LogP contribution is 2.22. The lowest BCUT2D eigenvalue weighted by Crippen LogP contribution is -2.43. The average molecular weight is 226 g/mol. The largest absolute Gasteiger partial charge is 0.341 e. The zero-order chi connectivity index (χ0) is 12.0. The highest BCUT2D eigenvalue weighted by molar-refractivity contribution is 5.81. The molecule has 94 valence electrons. The van der Waals surface area contributed by atoms with Gasteiger partial charge in [-0.3, -0.25) is 4.79 Å². The van der Waals surface area contributed by atoms with Gasteiger partial charge in [0.05, 0.1) is 6.04 Å². The molecule has 1 aliphatic heterocycles. The fourth-order valence-electron chi connectivity index (χ4n) is 2.49. The van der Waals surface area contributed by atoms with E-state index < -0.39 is 0 Å². The summed E-state index contributed by atoms with van der Waals surface area (Å²) in [6.07, 6.45) is 6.89. The summed E-state index contributed by atoms with van der Waals surface area (Å²) in [6, 6.07) is -0.289. The molecule has 0 aliphatic carbocycles. The molecule has 1 saturated heterocycles. The Balaban J connectivity index is 2.43. The Kier molecular flexibility index (Phi) is 5.81. The smallest absolute Gasteiger partial charge is 0.239 e. The number of nitrogens with zero attached hydrogens (tertiary/aromatic N) is 1. The van der Waals surface area contributed by atoms with Crippen LogP contribution in [0.3, 0.4) is 0 Å². The van der Waals surface area contributed by atoms with Gasteiger partial charge in [0.2, 0.25) is 5.91 Å². The summed E-state index contributed by atoms with van der Waals surface area (Å²) < 4.78 is 0. The molecule has 0 bridgehead atoms. The van der Waals surface area contributed by atoms with E-state index in [1.807, 2.05) is 11.8 Å². The van der Waals surface area contributed by atoms with E-state index in [4.69, 9.17) is 5.73 Å². The van der Waals surface area contributed by atoms with E-state index in [9.17, 15) is 4.79 Å². The van der Waals surface area contributed by atoms with Gasteiger partial charge in [-0.2, -0.15) is 0 Å². The molecule has 2 N–H and O–H groups in total. The Morgan fingerprint density at radius 3 is 2.75 bits per heavy atom. The number of nitrogens with two attached hydrogens (primary N) is 1. The Labute approximate surface area is 99.4 Å². The van der Waals surface area contributed by atoms with E-state index in [1.165, 1.54) is 19.3 Å². The van der Waals surface area contributed by atoms with Crippen molar-refractivity contribution in [3.8, 4) is 0 Å². The van der Waals surface area contributed by atoms with Gasteiger partial charge < -0.3 is 10.6 Å². The van der Waals surface area contributed by atoms with Crippen LogP contribution in [-0.4, -0.2) is 29.9 Å². The van der Waals surface area contributed by atoms with Gasteiger partial charge in [-0.25, -0.2) is 0 Å². The van der Waals surface area contributed by atoms with Crippen LogP contribution in [0.5, 0.6) is 0 Å². The zero-order valence-electron chi connectivity index (χ0n) is 10.7. The molecule has 2 atom stereocenters. The predicted molar refractivity (Wildman–Crippen MR) is 67.1 cm³/mol. The maximum absolute atomic E-state index is 11.9. The molecule has 1 fully saturated rings. The van der Waals surface area contributed by atoms with Crippen molar-refractivity contribution in [1.82, 2.24) is 4.90 Å². The highest BCUT2D eigenvalue weighted by Gasteiger charge is 2.23. The van der Waals surface area contributed by atoms with Crippen LogP contribution >= 0.6 is 0 Å². The van der Waals surface area contributed by atoms with Crippen LogP contribution < -0.4 is 5.73 Å². The van der Waals surface area contributed by atoms with Crippen molar-refractivity contribution in [2.75, 3.05) is 13.1 Å². The first-order chi connectivity index (χ1) is 7.69. The maximum Gasteiger partial charge on any atom is 0.239 e. The number of amides is 1. The minimum absolute atomic E-state index is 0.152. The summed E-state index contributed by atoms with van der Waals surface area (Å²) in [5.74, 6) is 0.972. The quantitative estimate of drug-likeness (QED) is 0.798. The molecule has 1 unspecified atom stereocenters. The van der Waals surface area contributed by atoms with Gasteiger partial charge in [0.25, 0.3) is 0 Å². The number of carbonyl (C=O) groups is 1. The third-order valence-electron chi connectivity index (χ3n) is 3.61. The minimum atomic E-state index is -0.289. The first-order valence-corrected chi connectivity index (χ1v) is 6.73. The second kappa shape index (κ2) is 6.89. The number of carbonyl (C=O) groups excluding carboxylic acids is 1. The summed E-state index contributed by atoms with van der Waals surface area (Å²) in [5.41, 5.74) is 5.80. The summed E-state index contributed by atoms with van der Waals surface area (Å²) in [5, 5.41) is 0. The lowest BCUT2D eigenvalue weighted by molar-refractivity contribution is -0.132. The van der Waals surface area contributed by atoms with E-state index in [1.54, 1.807) is 0 Å². The van der Waals surface area contributed by atoms with Gasteiger partial charge in [0, 0.05) is 13.1 Å². The number of likely N-dealkylation sites (tertiary alicyclic amines) is 1. The Morgan fingerprint density at radius 2 is 2.12 bits per heavy atom. The fraction of sp³-hybridized carbons (Fsp3) is 0.923. The monoisotopic (exact) mass is 226 g/mol. The lowest BCUT2D eigenvalue weighted by Gasteiger charge is -2.23. The number of rotatable bonds is 4. The van der Waals surface area contributed by atoms with Crippen LogP contribution in [0.2, 0.25) is 0 Å². The summed E-state index contributed by atoms with van der Waals surface area (Å²) in [4.78, 5) is 13.9. The second-order valence-electron chi connectivity index (χ2n) is 4.93. The van der Waals surface area contributed by atoms with Crippen molar-refractivity contribution in [1.29, 1.82) is 0 Å². The SMILES string of the molecule is CCCC1CCCN(C(=O)[C@@H](N)CC)CC1. The molecular formula is C13H26N2O.